The molecule has 3 rings (SSSR count). The lowest BCUT2D eigenvalue weighted by molar-refractivity contribution is -0.385. The molecule has 170 valence electrons. The van der Waals surface area contributed by atoms with Crippen LogP contribution in [0.15, 0.2) is 66.7 Å². The zero-order valence-electron chi connectivity index (χ0n) is 18.2. The van der Waals surface area contributed by atoms with Crippen LogP contribution in [-0.4, -0.2) is 28.6 Å². The van der Waals surface area contributed by atoms with Gasteiger partial charge < -0.3 is 14.6 Å². The van der Waals surface area contributed by atoms with Gasteiger partial charge in [-0.15, -0.1) is 0 Å². The molecule has 1 atom stereocenters. The monoisotopic (exact) mass is 449 g/mol. The predicted molar refractivity (Wildman–Crippen MR) is 122 cm³/mol. The largest absolute Gasteiger partial charge is 0.487 e. The molecule has 0 amide bonds. The molecule has 8 nitrogen and oxygen atoms in total. The highest BCUT2D eigenvalue weighted by atomic mass is 16.6. The van der Waals surface area contributed by atoms with Crippen molar-refractivity contribution in [3.63, 3.8) is 0 Å². The van der Waals surface area contributed by atoms with E-state index in [4.69, 9.17) is 14.6 Å². The molecule has 0 radical (unpaired) electrons. The van der Waals surface area contributed by atoms with Crippen molar-refractivity contribution in [1.82, 2.24) is 0 Å². The smallest absolute Gasteiger partial charge is 0.343 e. The van der Waals surface area contributed by atoms with E-state index in [9.17, 15) is 19.7 Å². The van der Waals surface area contributed by atoms with Crippen molar-refractivity contribution < 1.29 is 29.1 Å². The van der Waals surface area contributed by atoms with Crippen LogP contribution in [0.5, 0.6) is 11.5 Å². The number of benzene rings is 3. The summed E-state index contributed by atoms with van der Waals surface area (Å²) in [5, 5.41) is 20.4. The fraction of sp³-hybridized carbons (Fsp3) is 0.200. The van der Waals surface area contributed by atoms with E-state index >= 15 is 0 Å². The number of carboxylic acids is 1. The number of nitro groups is 1. The molecule has 0 aromatic heterocycles. The maximum absolute atomic E-state index is 12.5. The third-order valence-corrected chi connectivity index (χ3v) is 5.14. The Hall–Kier alpha value is -4.20. The molecule has 0 aliphatic rings. The molecule has 0 saturated heterocycles. The average Bonchev–Trinajstić information content (AvgIpc) is 2.82. The summed E-state index contributed by atoms with van der Waals surface area (Å²) in [5.41, 5.74) is 1.54. The lowest BCUT2D eigenvalue weighted by atomic mass is 10.0. The number of carbonyl (C=O) groups is 2. The van der Waals surface area contributed by atoms with Gasteiger partial charge in [0.1, 0.15) is 5.75 Å². The van der Waals surface area contributed by atoms with Crippen molar-refractivity contribution in [3.05, 3.63) is 88.0 Å². The summed E-state index contributed by atoms with van der Waals surface area (Å²) in [6, 6.07) is 17.0. The molecule has 0 aliphatic heterocycles. The molecule has 0 heterocycles. The number of rotatable bonds is 9. The summed E-state index contributed by atoms with van der Waals surface area (Å²) in [6.07, 6.45) is 0.880. The fourth-order valence-corrected chi connectivity index (χ4v) is 2.95. The highest BCUT2D eigenvalue weighted by molar-refractivity contribution is 5.92. The van der Waals surface area contributed by atoms with Crippen molar-refractivity contribution in [1.29, 1.82) is 0 Å². The van der Waals surface area contributed by atoms with E-state index < -0.39 is 16.9 Å². The van der Waals surface area contributed by atoms with Gasteiger partial charge >= 0.3 is 17.6 Å². The van der Waals surface area contributed by atoms with Crippen molar-refractivity contribution in [2.45, 2.75) is 20.3 Å². The molecular formula is C25H23NO7. The molecule has 0 saturated carbocycles. The van der Waals surface area contributed by atoms with Crippen LogP contribution in [0.25, 0.3) is 11.1 Å². The Labute approximate surface area is 190 Å². The fourth-order valence-electron chi connectivity index (χ4n) is 2.95. The third kappa shape index (κ3) is 5.94. The molecule has 33 heavy (non-hydrogen) atoms. The molecular weight excluding hydrogens is 426 g/mol. The quantitative estimate of drug-likeness (QED) is 0.195. The summed E-state index contributed by atoms with van der Waals surface area (Å²) < 4.78 is 10.9. The van der Waals surface area contributed by atoms with E-state index in [1.165, 1.54) is 24.3 Å². The predicted octanol–water partition coefficient (Wildman–Crippen LogP) is 5.60. The second kappa shape index (κ2) is 10.4. The minimum absolute atomic E-state index is 0.0333. The topological polar surface area (TPSA) is 116 Å². The van der Waals surface area contributed by atoms with Gasteiger partial charge in [-0.3, -0.25) is 10.1 Å². The van der Waals surface area contributed by atoms with Crippen LogP contribution < -0.4 is 9.47 Å². The van der Waals surface area contributed by atoms with Crippen molar-refractivity contribution in [2.24, 2.45) is 5.92 Å². The number of aromatic carboxylic acids is 1. The van der Waals surface area contributed by atoms with Gasteiger partial charge in [-0.05, 0) is 53.4 Å². The van der Waals surface area contributed by atoms with E-state index in [0.29, 0.717) is 6.61 Å². The summed E-state index contributed by atoms with van der Waals surface area (Å²) in [6.45, 7) is 4.32. The Bertz CT molecular complexity index is 1150. The first-order valence-electron chi connectivity index (χ1n) is 10.4. The summed E-state index contributed by atoms with van der Waals surface area (Å²) >= 11 is 0. The number of nitrogens with zero attached hydrogens (tertiary/aromatic N) is 1. The van der Waals surface area contributed by atoms with Crippen LogP contribution in [0.4, 0.5) is 5.69 Å². The van der Waals surface area contributed by atoms with E-state index in [2.05, 4.69) is 0 Å². The van der Waals surface area contributed by atoms with Crippen LogP contribution in [0.3, 0.4) is 0 Å². The number of carboxylic acid groups (broad SMARTS) is 1. The molecule has 0 aliphatic carbocycles. The number of ether oxygens (including phenoxy) is 2. The van der Waals surface area contributed by atoms with E-state index in [-0.39, 0.29) is 34.2 Å². The summed E-state index contributed by atoms with van der Waals surface area (Å²) in [5.74, 6) is -1.11. The normalized spacial score (nSPS) is 11.5. The molecule has 1 N–H and O–H groups in total. The van der Waals surface area contributed by atoms with Crippen LogP contribution in [0, 0.1) is 16.0 Å². The summed E-state index contributed by atoms with van der Waals surface area (Å²) in [7, 11) is 0. The van der Waals surface area contributed by atoms with Crippen molar-refractivity contribution in [2.75, 3.05) is 6.61 Å². The van der Waals surface area contributed by atoms with E-state index in [1.807, 2.05) is 13.8 Å². The highest BCUT2D eigenvalue weighted by Crippen LogP contribution is 2.29. The zero-order chi connectivity index (χ0) is 24.0. The number of hydrogen-bond acceptors (Lipinski definition) is 6. The SMILES string of the molecule is CCC(C)COc1ccc(C(=O)Oc2ccc(-c3ccc(C(=O)O)cc3)cc2)cc1[N+](=O)[O-]. The van der Waals surface area contributed by atoms with Crippen LogP contribution in [0.2, 0.25) is 0 Å². The maximum atomic E-state index is 12.5. The second-order valence-corrected chi connectivity index (χ2v) is 7.56. The van der Waals surface area contributed by atoms with Gasteiger partial charge in [-0.1, -0.05) is 44.5 Å². The Balaban J connectivity index is 1.72. The lowest BCUT2D eigenvalue weighted by Gasteiger charge is -2.12. The van der Waals surface area contributed by atoms with Crippen LogP contribution in [-0.2, 0) is 0 Å². The molecule has 3 aromatic rings. The minimum Gasteiger partial charge on any atom is -0.487 e. The first kappa shape index (κ1) is 23.5. The van der Waals surface area contributed by atoms with Gasteiger partial charge in [-0.2, -0.15) is 0 Å². The highest BCUT2D eigenvalue weighted by Gasteiger charge is 2.20. The van der Waals surface area contributed by atoms with Gasteiger partial charge in [0.05, 0.1) is 22.7 Å². The van der Waals surface area contributed by atoms with E-state index in [1.54, 1.807) is 36.4 Å². The Morgan fingerprint density at radius 1 is 0.970 bits per heavy atom. The lowest BCUT2D eigenvalue weighted by Crippen LogP contribution is -2.11. The van der Waals surface area contributed by atoms with Gasteiger partial charge in [0.15, 0.2) is 5.75 Å². The molecule has 0 bridgehead atoms. The molecule has 0 fully saturated rings. The standard InChI is InChI=1S/C25H23NO7/c1-3-16(2)15-32-23-13-10-20(14-22(23)26(30)31)25(29)33-21-11-8-18(9-12-21)17-4-6-19(7-5-17)24(27)28/h4-14,16H,3,15H2,1-2H3,(H,27,28). The molecule has 8 heteroatoms. The van der Waals surface area contributed by atoms with Crippen molar-refractivity contribution >= 4 is 17.6 Å². The number of nitro benzene ring substituents is 1. The second-order valence-electron chi connectivity index (χ2n) is 7.56. The minimum atomic E-state index is -1.00. The number of esters is 1. The van der Waals surface area contributed by atoms with Crippen molar-refractivity contribution in [3.8, 4) is 22.6 Å². The van der Waals surface area contributed by atoms with Gasteiger partial charge in [0.2, 0.25) is 0 Å². The van der Waals surface area contributed by atoms with E-state index in [0.717, 1.165) is 23.6 Å². The maximum Gasteiger partial charge on any atom is 0.343 e. The average molecular weight is 449 g/mol. The van der Waals surface area contributed by atoms with Crippen LogP contribution >= 0.6 is 0 Å². The zero-order valence-corrected chi connectivity index (χ0v) is 18.2. The van der Waals surface area contributed by atoms with Gasteiger partial charge in [0, 0.05) is 6.07 Å². The van der Waals surface area contributed by atoms with Gasteiger partial charge in [-0.25, -0.2) is 9.59 Å². The molecule has 1 unspecified atom stereocenters. The molecule has 3 aromatic carbocycles. The number of carbonyl (C=O) groups excluding carboxylic acids is 1. The summed E-state index contributed by atoms with van der Waals surface area (Å²) in [4.78, 5) is 34.3. The number of hydrogen-bond donors (Lipinski definition) is 1. The van der Waals surface area contributed by atoms with Gasteiger partial charge in [0.25, 0.3) is 0 Å². The molecule has 0 spiro atoms. The third-order valence-electron chi connectivity index (χ3n) is 5.14. The first-order valence-corrected chi connectivity index (χ1v) is 10.4. The first-order chi connectivity index (χ1) is 15.8. The Morgan fingerprint density at radius 3 is 2.09 bits per heavy atom. The van der Waals surface area contributed by atoms with Crippen LogP contribution in [0.1, 0.15) is 41.0 Å². The Morgan fingerprint density at radius 2 is 1.55 bits per heavy atom. The Kier molecular flexibility index (Phi) is 7.40.